The zero-order valence-corrected chi connectivity index (χ0v) is 9.01. The second-order valence-electron chi connectivity index (χ2n) is 4.27. The Labute approximate surface area is 94.2 Å². The lowest BCUT2D eigenvalue weighted by Gasteiger charge is -2.09. The topological polar surface area (TPSA) is 29.6 Å². The van der Waals surface area contributed by atoms with Crippen molar-refractivity contribution in [2.45, 2.75) is 18.6 Å². The summed E-state index contributed by atoms with van der Waals surface area (Å²) < 4.78 is 5.54. The van der Waals surface area contributed by atoms with Crippen LogP contribution >= 0.6 is 0 Å². The molecule has 2 heteroatoms. The lowest BCUT2D eigenvalue weighted by atomic mass is 9.89. The van der Waals surface area contributed by atoms with Crippen molar-refractivity contribution in [2.24, 2.45) is 0 Å². The summed E-state index contributed by atoms with van der Waals surface area (Å²) in [6, 6.07) is 9.30. The number of allylic oxidation sites excluding steroid dienone is 2. The number of rotatable bonds is 2. The molecule has 1 aromatic carbocycles. The number of carbonyl (C=O) groups excluding carboxylic acids is 1. The van der Waals surface area contributed by atoms with Gasteiger partial charge in [0.1, 0.15) is 6.10 Å². The van der Waals surface area contributed by atoms with E-state index < -0.39 is 5.60 Å². The molecule has 1 aliphatic carbocycles. The van der Waals surface area contributed by atoms with Crippen LogP contribution in [0, 0.1) is 0 Å². The second kappa shape index (κ2) is 3.16. The van der Waals surface area contributed by atoms with Crippen molar-refractivity contribution < 1.29 is 9.53 Å². The van der Waals surface area contributed by atoms with E-state index in [9.17, 15) is 4.79 Å². The molecule has 1 heterocycles. The lowest BCUT2D eigenvalue weighted by Crippen LogP contribution is -2.26. The first kappa shape index (κ1) is 9.55. The quantitative estimate of drug-likeness (QED) is 0.557. The summed E-state index contributed by atoms with van der Waals surface area (Å²) in [6.45, 7) is 2.01. The predicted molar refractivity (Wildman–Crippen MR) is 61.3 cm³/mol. The number of hydrogen-bond acceptors (Lipinski definition) is 2. The molecule has 1 aliphatic heterocycles. The number of ether oxygens (including phenoxy) is 1. The summed E-state index contributed by atoms with van der Waals surface area (Å²) >= 11 is 0. The third kappa shape index (κ3) is 1.27. The molecule has 0 saturated carbocycles. The zero-order valence-electron chi connectivity index (χ0n) is 9.01. The Kier molecular flexibility index (Phi) is 1.88. The van der Waals surface area contributed by atoms with E-state index in [1.165, 1.54) is 0 Å². The summed E-state index contributed by atoms with van der Waals surface area (Å²) in [5.41, 5.74) is 1.16. The third-order valence-electron chi connectivity index (χ3n) is 3.09. The summed E-state index contributed by atoms with van der Waals surface area (Å²) in [6.07, 6.45) is 5.76. The molecule has 1 fully saturated rings. The Bertz CT molecular complexity index is 499. The summed E-state index contributed by atoms with van der Waals surface area (Å²) in [5.74, 6) is 0.0538. The van der Waals surface area contributed by atoms with Gasteiger partial charge in [-0.3, -0.25) is 4.79 Å². The van der Waals surface area contributed by atoms with E-state index in [-0.39, 0.29) is 11.9 Å². The second-order valence-corrected chi connectivity index (χ2v) is 4.27. The van der Waals surface area contributed by atoms with Gasteiger partial charge >= 0.3 is 0 Å². The average Bonchev–Trinajstić information content (AvgIpc) is 3.04. The van der Waals surface area contributed by atoms with Crippen LogP contribution < -0.4 is 0 Å². The van der Waals surface area contributed by atoms with Gasteiger partial charge in [0.2, 0.25) is 5.78 Å². The molecule has 16 heavy (non-hydrogen) atoms. The Balaban J connectivity index is 1.92. The minimum Gasteiger partial charge on any atom is -0.348 e. The third-order valence-corrected chi connectivity index (χ3v) is 3.09. The van der Waals surface area contributed by atoms with Crippen LogP contribution in [-0.4, -0.2) is 17.5 Å². The molecule has 0 spiro atoms. The maximum absolute atomic E-state index is 12.3. The minimum atomic E-state index is -0.707. The fourth-order valence-electron chi connectivity index (χ4n) is 2.09. The van der Waals surface area contributed by atoms with Crippen LogP contribution in [-0.2, 0) is 4.74 Å². The Morgan fingerprint density at radius 3 is 2.75 bits per heavy atom. The van der Waals surface area contributed by atoms with Gasteiger partial charge in [0.25, 0.3) is 0 Å². The van der Waals surface area contributed by atoms with E-state index in [0.29, 0.717) is 5.56 Å². The summed E-state index contributed by atoms with van der Waals surface area (Å²) in [4.78, 5) is 12.3. The highest BCUT2D eigenvalue weighted by Crippen LogP contribution is 2.44. The maximum atomic E-state index is 12.3. The molecule has 0 radical (unpaired) electrons. The first-order valence-electron chi connectivity index (χ1n) is 5.38. The average molecular weight is 212 g/mol. The minimum absolute atomic E-state index is 0.0538. The molecular weight excluding hydrogens is 200 g/mol. The van der Waals surface area contributed by atoms with Crippen LogP contribution in [0.3, 0.4) is 0 Å². The molecule has 2 nitrogen and oxygen atoms in total. The fourth-order valence-corrected chi connectivity index (χ4v) is 2.09. The van der Waals surface area contributed by atoms with Gasteiger partial charge in [-0.05, 0) is 19.1 Å². The highest BCUT2D eigenvalue weighted by molar-refractivity contribution is 6.06. The Hall–Kier alpha value is -1.67. The number of carbonyl (C=O) groups is 1. The summed E-state index contributed by atoms with van der Waals surface area (Å²) in [7, 11) is 0. The van der Waals surface area contributed by atoms with Gasteiger partial charge in [-0.2, -0.15) is 0 Å². The molecular formula is C14H12O2. The first-order valence-corrected chi connectivity index (χ1v) is 5.38. The number of fused-ring (bicyclic) bond motifs is 1. The lowest BCUT2D eigenvalue weighted by molar-refractivity contribution is 0.0909. The number of hydrogen-bond donors (Lipinski definition) is 0. The highest BCUT2D eigenvalue weighted by atomic mass is 16.6. The van der Waals surface area contributed by atoms with Crippen molar-refractivity contribution >= 4 is 5.78 Å². The number of ketones is 1. The maximum Gasteiger partial charge on any atom is 0.201 e. The monoisotopic (exact) mass is 212 g/mol. The van der Waals surface area contributed by atoms with Crippen molar-refractivity contribution in [3.63, 3.8) is 0 Å². The number of benzene rings is 1. The van der Waals surface area contributed by atoms with Crippen LogP contribution in [0.5, 0.6) is 0 Å². The normalized spacial score (nSPS) is 30.6. The Morgan fingerprint density at radius 2 is 2.06 bits per heavy atom. The smallest absolute Gasteiger partial charge is 0.201 e. The Morgan fingerprint density at radius 1 is 1.31 bits per heavy atom. The molecule has 1 saturated heterocycles. The van der Waals surface area contributed by atoms with E-state index in [4.69, 9.17) is 4.74 Å². The largest absolute Gasteiger partial charge is 0.348 e. The van der Waals surface area contributed by atoms with Gasteiger partial charge in [0, 0.05) is 5.56 Å². The van der Waals surface area contributed by atoms with Crippen molar-refractivity contribution in [1.29, 1.82) is 0 Å². The van der Waals surface area contributed by atoms with E-state index in [1.54, 1.807) is 0 Å². The zero-order chi connectivity index (χ0) is 11.2. The van der Waals surface area contributed by atoms with Crippen LogP contribution in [0.15, 0.2) is 54.1 Å². The van der Waals surface area contributed by atoms with Gasteiger partial charge in [0.15, 0.2) is 5.60 Å². The van der Waals surface area contributed by atoms with Crippen LogP contribution in [0.25, 0.3) is 0 Å². The van der Waals surface area contributed by atoms with E-state index >= 15 is 0 Å². The molecule has 0 bridgehead atoms. The van der Waals surface area contributed by atoms with Crippen molar-refractivity contribution in [1.82, 2.24) is 0 Å². The number of epoxide rings is 1. The predicted octanol–water partition coefficient (Wildman–Crippen LogP) is 2.52. The molecule has 1 aromatic rings. The molecule has 0 aromatic heterocycles. The van der Waals surface area contributed by atoms with E-state index in [0.717, 1.165) is 5.57 Å². The van der Waals surface area contributed by atoms with E-state index in [1.807, 2.05) is 55.5 Å². The van der Waals surface area contributed by atoms with Crippen molar-refractivity contribution in [2.75, 3.05) is 0 Å². The van der Waals surface area contributed by atoms with Crippen LogP contribution in [0.1, 0.15) is 17.3 Å². The van der Waals surface area contributed by atoms with Crippen LogP contribution in [0.4, 0.5) is 0 Å². The SMILES string of the molecule is CC1=CC2OC2(C(=O)c2ccccc2)C=C1. The molecule has 0 N–H and O–H groups in total. The van der Waals surface area contributed by atoms with E-state index in [2.05, 4.69) is 0 Å². The van der Waals surface area contributed by atoms with Crippen molar-refractivity contribution in [3.8, 4) is 0 Å². The molecule has 3 rings (SSSR count). The molecule has 2 atom stereocenters. The van der Waals surface area contributed by atoms with Gasteiger partial charge in [0.05, 0.1) is 0 Å². The summed E-state index contributed by atoms with van der Waals surface area (Å²) in [5, 5.41) is 0. The van der Waals surface area contributed by atoms with Crippen molar-refractivity contribution in [3.05, 3.63) is 59.7 Å². The fraction of sp³-hybridized carbons (Fsp3) is 0.214. The first-order chi connectivity index (χ1) is 7.72. The van der Waals surface area contributed by atoms with Gasteiger partial charge in [-0.25, -0.2) is 0 Å². The van der Waals surface area contributed by atoms with Gasteiger partial charge in [-0.1, -0.05) is 42.0 Å². The standard InChI is InChI=1S/C14H12O2/c1-10-7-8-14(12(9-10)16-14)13(15)11-5-3-2-4-6-11/h2-9,12H,1H3. The number of Topliss-reactive ketones (excluding diaryl/α,β-unsaturated/α-hetero) is 1. The molecule has 2 aliphatic rings. The van der Waals surface area contributed by atoms with Gasteiger partial charge < -0.3 is 4.74 Å². The molecule has 0 amide bonds. The molecule has 80 valence electrons. The van der Waals surface area contributed by atoms with Crippen LogP contribution in [0.2, 0.25) is 0 Å². The van der Waals surface area contributed by atoms with Gasteiger partial charge in [-0.15, -0.1) is 0 Å². The molecule has 2 unspecified atom stereocenters. The highest BCUT2D eigenvalue weighted by Gasteiger charge is 2.60.